The van der Waals surface area contributed by atoms with E-state index in [0.717, 1.165) is 47.3 Å². The third kappa shape index (κ3) is 5.34. The maximum absolute atomic E-state index is 11.3. The van der Waals surface area contributed by atoms with Gasteiger partial charge in [0.2, 0.25) is 0 Å². The summed E-state index contributed by atoms with van der Waals surface area (Å²) in [6.07, 6.45) is 3.42. The Morgan fingerprint density at radius 1 is 1.17 bits per heavy atom. The average molecular weight is 315 g/mol. The molecule has 0 saturated carbocycles. The first-order valence-electron chi connectivity index (χ1n) is 7.68. The molecule has 0 aliphatic rings. The Hall–Kier alpha value is -2.47. The summed E-state index contributed by atoms with van der Waals surface area (Å²) in [5.41, 5.74) is 2.08. The third-order valence-corrected chi connectivity index (χ3v) is 3.50. The van der Waals surface area contributed by atoms with Crippen LogP contribution in [-0.2, 0) is 16.0 Å². The van der Waals surface area contributed by atoms with Crippen molar-refractivity contribution in [1.29, 1.82) is 0 Å². The fourth-order valence-electron chi connectivity index (χ4n) is 2.29. The number of nitrogens with two attached hydrogens (primary N) is 1. The number of pyridine rings is 1. The van der Waals surface area contributed by atoms with Crippen LogP contribution < -0.4 is 5.84 Å². The fourth-order valence-corrected chi connectivity index (χ4v) is 2.29. The number of carbonyl (C=O) groups excluding carboxylic acids is 2. The highest BCUT2D eigenvalue weighted by Crippen LogP contribution is 2.13. The molecule has 0 fully saturated rings. The number of ether oxygens (including phenoxy) is 1. The highest BCUT2D eigenvalue weighted by molar-refractivity contribution is 5.78. The van der Waals surface area contributed by atoms with E-state index < -0.39 is 6.09 Å². The van der Waals surface area contributed by atoms with Crippen molar-refractivity contribution in [3.63, 3.8) is 0 Å². The summed E-state index contributed by atoms with van der Waals surface area (Å²) >= 11 is 0. The minimum Gasteiger partial charge on any atom is -0.441 e. The van der Waals surface area contributed by atoms with Crippen LogP contribution in [-0.4, -0.2) is 35.5 Å². The molecule has 0 bridgehead atoms. The molecule has 1 amide bonds. The first-order chi connectivity index (χ1) is 11.2. The fraction of sp³-hybridized carbons (Fsp3) is 0.353. The molecule has 2 rings (SSSR count). The van der Waals surface area contributed by atoms with Crippen molar-refractivity contribution in [3.05, 3.63) is 42.1 Å². The molecule has 0 spiro atoms. The van der Waals surface area contributed by atoms with Crippen LogP contribution in [0.4, 0.5) is 4.79 Å². The lowest BCUT2D eigenvalue weighted by Crippen LogP contribution is -2.38. The summed E-state index contributed by atoms with van der Waals surface area (Å²) in [6.45, 7) is 0.142. The smallest absolute Gasteiger partial charge is 0.424 e. The Kier molecular flexibility index (Phi) is 6.50. The zero-order valence-corrected chi connectivity index (χ0v) is 13.0. The highest BCUT2D eigenvalue weighted by Gasteiger charge is 2.09. The number of nitrogens with zero attached hydrogens (tertiary/aromatic N) is 2. The summed E-state index contributed by atoms with van der Waals surface area (Å²) < 4.78 is 4.60. The summed E-state index contributed by atoms with van der Waals surface area (Å²) in [5.74, 6) is 5.54. The van der Waals surface area contributed by atoms with Crippen LogP contribution in [0.5, 0.6) is 0 Å². The number of aromatic nitrogens is 1. The van der Waals surface area contributed by atoms with Crippen molar-refractivity contribution in [2.75, 3.05) is 13.2 Å². The number of hydrogen-bond acceptors (Lipinski definition) is 5. The number of benzene rings is 1. The number of para-hydroxylation sites is 1. The largest absolute Gasteiger partial charge is 0.441 e. The minimum absolute atomic E-state index is 0.264. The van der Waals surface area contributed by atoms with Crippen LogP contribution >= 0.6 is 0 Å². The van der Waals surface area contributed by atoms with E-state index in [4.69, 9.17) is 5.84 Å². The van der Waals surface area contributed by atoms with Gasteiger partial charge in [0.15, 0.2) is 6.29 Å². The number of hydrogen-bond donors (Lipinski definition) is 1. The molecular formula is C17H21N3O3. The molecule has 6 heteroatoms. The zero-order valence-electron chi connectivity index (χ0n) is 13.0. The number of unbranched alkanes of at least 4 members (excludes halogenated alkanes) is 2. The molecule has 0 aliphatic heterocycles. The highest BCUT2D eigenvalue weighted by atomic mass is 16.6. The van der Waals surface area contributed by atoms with Crippen molar-refractivity contribution in [1.82, 2.24) is 9.99 Å². The van der Waals surface area contributed by atoms with E-state index >= 15 is 0 Å². The van der Waals surface area contributed by atoms with E-state index in [-0.39, 0.29) is 6.61 Å². The molecular weight excluding hydrogens is 294 g/mol. The van der Waals surface area contributed by atoms with Gasteiger partial charge >= 0.3 is 6.09 Å². The molecule has 0 saturated heterocycles. The molecule has 0 aliphatic carbocycles. The zero-order chi connectivity index (χ0) is 16.5. The predicted molar refractivity (Wildman–Crippen MR) is 87.6 cm³/mol. The van der Waals surface area contributed by atoms with Gasteiger partial charge in [-0.25, -0.2) is 15.6 Å². The summed E-state index contributed by atoms with van der Waals surface area (Å²) in [6, 6.07) is 12.2. The van der Waals surface area contributed by atoms with Gasteiger partial charge in [-0.2, -0.15) is 0 Å². The molecule has 1 heterocycles. The number of hydrazine groups is 1. The van der Waals surface area contributed by atoms with E-state index in [9.17, 15) is 9.59 Å². The Balaban J connectivity index is 1.68. The molecule has 0 unspecified atom stereocenters. The Labute approximate surface area is 135 Å². The van der Waals surface area contributed by atoms with Crippen LogP contribution in [0.2, 0.25) is 0 Å². The topological polar surface area (TPSA) is 85.5 Å². The Morgan fingerprint density at radius 2 is 2.00 bits per heavy atom. The van der Waals surface area contributed by atoms with Gasteiger partial charge in [0.1, 0.15) is 6.61 Å². The van der Waals surface area contributed by atoms with Crippen LogP contribution in [0.15, 0.2) is 36.4 Å². The molecule has 122 valence electrons. The molecule has 6 nitrogen and oxygen atoms in total. The summed E-state index contributed by atoms with van der Waals surface area (Å²) in [5, 5.41) is 2.14. The number of aryl methyl sites for hydroxylation is 1. The predicted octanol–water partition coefficient (Wildman–Crippen LogP) is 2.46. The lowest BCUT2D eigenvalue weighted by atomic mass is 10.1. The quantitative estimate of drug-likeness (QED) is 0.266. The maximum atomic E-state index is 11.3. The van der Waals surface area contributed by atoms with Crippen molar-refractivity contribution in [2.45, 2.75) is 25.7 Å². The van der Waals surface area contributed by atoms with Crippen molar-refractivity contribution in [3.8, 4) is 0 Å². The molecule has 1 aromatic heterocycles. The van der Waals surface area contributed by atoms with E-state index in [2.05, 4.69) is 15.8 Å². The first-order valence-corrected chi connectivity index (χ1v) is 7.68. The summed E-state index contributed by atoms with van der Waals surface area (Å²) in [4.78, 5) is 26.1. The molecule has 1 aromatic carbocycles. The number of rotatable bonds is 8. The molecule has 0 radical (unpaired) electrons. The van der Waals surface area contributed by atoms with E-state index in [1.165, 1.54) is 0 Å². The van der Waals surface area contributed by atoms with Gasteiger partial charge in [-0.05, 0) is 31.4 Å². The Morgan fingerprint density at radius 3 is 2.83 bits per heavy atom. The van der Waals surface area contributed by atoms with Gasteiger partial charge < -0.3 is 4.74 Å². The Bertz CT molecular complexity index is 660. The number of amides is 1. The van der Waals surface area contributed by atoms with Gasteiger partial charge in [-0.3, -0.25) is 9.78 Å². The maximum Gasteiger partial charge on any atom is 0.424 e. The molecule has 2 N–H and O–H groups in total. The normalized spacial score (nSPS) is 10.5. The lowest BCUT2D eigenvalue weighted by Gasteiger charge is -2.15. The van der Waals surface area contributed by atoms with Gasteiger partial charge in [0, 0.05) is 17.6 Å². The molecule has 2 aromatic rings. The van der Waals surface area contributed by atoms with Gasteiger partial charge in [0.25, 0.3) is 0 Å². The van der Waals surface area contributed by atoms with E-state index in [1.807, 2.05) is 30.3 Å². The average Bonchev–Trinajstić information content (AvgIpc) is 2.59. The van der Waals surface area contributed by atoms with Crippen molar-refractivity contribution in [2.24, 2.45) is 5.84 Å². The van der Waals surface area contributed by atoms with E-state index in [1.54, 1.807) is 0 Å². The first kappa shape index (κ1) is 16.9. The minimum atomic E-state index is -0.673. The van der Waals surface area contributed by atoms with Crippen LogP contribution in [0.25, 0.3) is 10.9 Å². The van der Waals surface area contributed by atoms with Crippen LogP contribution in [0.3, 0.4) is 0 Å². The molecule has 23 heavy (non-hydrogen) atoms. The van der Waals surface area contributed by atoms with Gasteiger partial charge in [-0.1, -0.05) is 30.7 Å². The van der Waals surface area contributed by atoms with Gasteiger partial charge in [-0.15, -0.1) is 0 Å². The lowest BCUT2D eigenvalue weighted by molar-refractivity contribution is -0.110. The number of carbonyl (C=O) groups is 2. The van der Waals surface area contributed by atoms with E-state index in [0.29, 0.717) is 12.8 Å². The number of fused-ring (bicyclic) bond motifs is 1. The van der Waals surface area contributed by atoms with Crippen molar-refractivity contribution < 1.29 is 14.3 Å². The molecule has 0 atom stereocenters. The second kappa shape index (κ2) is 8.85. The summed E-state index contributed by atoms with van der Waals surface area (Å²) in [7, 11) is 0. The number of aldehydes is 1. The standard InChI is InChI=1S/C17H21N3O3/c18-20(17(22)23-13-12-21)11-5-1-2-7-15-10-9-14-6-3-4-8-16(14)19-15/h3-4,6,8-10,12H,1-2,5,7,11,13,18H2. The third-order valence-electron chi connectivity index (χ3n) is 3.50. The second-order valence-corrected chi connectivity index (χ2v) is 5.24. The van der Waals surface area contributed by atoms with Crippen molar-refractivity contribution >= 4 is 23.3 Å². The van der Waals surface area contributed by atoms with Crippen LogP contribution in [0.1, 0.15) is 25.0 Å². The second-order valence-electron chi connectivity index (χ2n) is 5.24. The van der Waals surface area contributed by atoms with Crippen LogP contribution in [0, 0.1) is 0 Å². The monoisotopic (exact) mass is 315 g/mol. The van der Waals surface area contributed by atoms with Gasteiger partial charge in [0.05, 0.1) is 5.52 Å². The SMILES string of the molecule is NN(CCCCCc1ccc2ccccc2n1)C(=O)OCC=O.